The summed E-state index contributed by atoms with van der Waals surface area (Å²) in [5.41, 5.74) is 2.23. The molecule has 1 saturated carbocycles. The minimum atomic E-state index is 0.0633. The molecule has 1 N–H and O–H groups in total. The van der Waals surface area contributed by atoms with E-state index in [0.29, 0.717) is 18.4 Å². The predicted octanol–water partition coefficient (Wildman–Crippen LogP) is 3.48. The van der Waals surface area contributed by atoms with Gasteiger partial charge in [0.2, 0.25) is 0 Å². The van der Waals surface area contributed by atoms with Crippen LogP contribution in [0.15, 0.2) is 6.20 Å². The third-order valence-electron chi connectivity index (χ3n) is 6.80. The standard InChI is InChI=1S/C22H34N4O2/c1-16(18-5-3-2-4-6-18)24-22(27)26-10-7-19-14-23-21(25-20(19)15-26)13-17-8-11-28-12-9-17/h14,16-18H,2-13,15H2,1H3,(H,24,27)/t16-/m1/s1. The Bertz CT molecular complexity index is 669. The van der Waals surface area contributed by atoms with Crippen LogP contribution in [0.5, 0.6) is 0 Å². The van der Waals surface area contributed by atoms with Gasteiger partial charge in [0.05, 0.1) is 12.2 Å². The molecule has 0 bridgehead atoms. The number of aromatic nitrogens is 2. The van der Waals surface area contributed by atoms with Gasteiger partial charge in [0.25, 0.3) is 0 Å². The largest absolute Gasteiger partial charge is 0.381 e. The van der Waals surface area contributed by atoms with Gasteiger partial charge < -0.3 is 15.0 Å². The summed E-state index contributed by atoms with van der Waals surface area (Å²) < 4.78 is 5.45. The molecule has 0 aromatic carbocycles. The van der Waals surface area contributed by atoms with Crippen molar-refractivity contribution in [1.29, 1.82) is 0 Å². The van der Waals surface area contributed by atoms with Crippen molar-refractivity contribution in [2.75, 3.05) is 19.8 Å². The van der Waals surface area contributed by atoms with Crippen LogP contribution in [0.2, 0.25) is 0 Å². The Morgan fingerprint density at radius 3 is 2.82 bits per heavy atom. The van der Waals surface area contributed by atoms with Crippen molar-refractivity contribution in [2.24, 2.45) is 11.8 Å². The molecule has 0 unspecified atom stereocenters. The third-order valence-corrected chi connectivity index (χ3v) is 6.80. The quantitative estimate of drug-likeness (QED) is 0.860. The lowest BCUT2D eigenvalue weighted by atomic mass is 9.84. The van der Waals surface area contributed by atoms with Gasteiger partial charge >= 0.3 is 6.03 Å². The van der Waals surface area contributed by atoms with E-state index in [1.807, 2.05) is 11.1 Å². The Morgan fingerprint density at radius 2 is 2.04 bits per heavy atom. The Labute approximate surface area is 168 Å². The second kappa shape index (κ2) is 9.21. The van der Waals surface area contributed by atoms with Gasteiger partial charge in [0, 0.05) is 38.4 Å². The van der Waals surface area contributed by atoms with Crippen LogP contribution in [0.25, 0.3) is 0 Å². The molecule has 154 valence electrons. The van der Waals surface area contributed by atoms with Gasteiger partial charge in [-0.2, -0.15) is 0 Å². The van der Waals surface area contributed by atoms with E-state index in [1.54, 1.807) is 0 Å². The SMILES string of the molecule is C[C@@H](NC(=O)N1CCc2cnc(CC3CCOCC3)nc2C1)C1CCCCC1. The Kier molecular flexibility index (Phi) is 6.45. The average Bonchev–Trinajstić information content (AvgIpc) is 2.74. The van der Waals surface area contributed by atoms with Crippen molar-refractivity contribution in [2.45, 2.75) is 77.3 Å². The fourth-order valence-corrected chi connectivity index (χ4v) is 4.86. The lowest BCUT2D eigenvalue weighted by molar-refractivity contribution is 0.0659. The summed E-state index contributed by atoms with van der Waals surface area (Å²) in [5.74, 6) is 2.16. The summed E-state index contributed by atoms with van der Waals surface area (Å²) in [4.78, 5) is 24.2. The summed E-state index contributed by atoms with van der Waals surface area (Å²) in [6.07, 6.45) is 12.4. The molecule has 1 aromatic rings. The molecule has 2 fully saturated rings. The van der Waals surface area contributed by atoms with E-state index in [4.69, 9.17) is 9.72 Å². The van der Waals surface area contributed by atoms with E-state index < -0.39 is 0 Å². The number of fused-ring (bicyclic) bond motifs is 1. The molecule has 3 heterocycles. The zero-order valence-electron chi connectivity index (χ0n) is 17.2. The van der Waals surface area contributed by atoms with Gasteiger partial charge in [0.1, 0.15) is 5.82 Å². The van der Waals surface area contributed by atoms with E-state index in [1.165, 1.54) is 37.7 Å². The molecule has 6 nitrogen and oxygen atoms in total. The van der Waals surface area contributed by atoms with Gasteiger partial charge in [-0.1, -0.05) is 19.3 Å². The molecule has 4 rings (SSSR count). The fraction of sp³-hybridized carbons (Fsp3) is 0.773. The number of urea groups is 1. The summed E-state index contributed by atoms with van der Waals surface area (Å²) in [5, 5.41) is 3.26. The lowest BCUT2D eigenvalue weighted by Gasteiger charge is -2.33. The van der Waals surface area contributed by atoms with Crippen molar-refractivity contribution in [1.82, 2.24) is 20.2 Å². The van der Waals surface area contributed by atoms with Gasteiger partial charge in [-0.3, -0.25) is 0 Å². The predicted molar refractivity (Wildman–Crippen MR) is 108 cm³/mol. The van der Waals surface area contributed by atoms with Crippen LogP contribution in [0.4, 0.5) is 4.79 Å². The summed E-state index contributed by atoms with van der Waals surface area (Å²) in [7, 11) is 0. The zero-order valence-corrected chi connectivity index (χ0v) is 17.2. The second-order valence-electron chi connectivity index (χ2n) is 8.83. The highest BCUT2D eigenvalue weighted by atomic mass is 16.5. The molecule has 1 saturated heterocycles. The molecular weight excluding hydrogens is 352 g/mol. The van der Waals surface area contributed by atoms with Crippen molar-refractivity contribution in [3.05, 3.63) is 23.3 Å². The normalized spacial score (nSPS) is 22.5. The molecule has 0 spiro atoms. The summed E-state index contributed by atoms with van der Waals surface area (Å²) in [6.45, 7) is 5.21. The minimum Gasteiger partial charge on any atom is -0.381 e. The van der Waals surface area contributed by atoms with Crippen LogP contribution in [0.1, 0.15) is 69.0 Å². The lowest BCUT2D eigenvalue weighted by Crippen LogP contribution is -2.48. The Morgan fingerprint density at radius 1 is 1.25 bits per heavy atom. The van der Waals surface area contributed by atoms with E-state index in [9.17, 15) is 4.79 Å². The highest BCUT2D eigenvalue weighted by Gasteiger charge is 2.27. The fourth-order valence-electron chi connectivity index (χ4n) is 4.86. The smallest absolute Gasteiger partial charge is 0.317 e. The molecule has 1 aromatic heterocycles. The van der Waals surface area contributed by atoms with E-state index in [0.717, 1.165) is 57.0 Å². The number of hydrogen-bond donors (Lipinski definition) is 1. The first-order valence-electron chi connectivity index (χ1n) is 11.2. The molecular formula is C22H34N4O2. The van der Waals surface area contributed by atoms with Crippen LogP contribution in [0, 0.1) is 11.8 Å². The average molecular weight is 387 g/mol. The number of carbonyl (C=O) groups is 1. The van der Waals surface area contributed by atoms with Gasteiger partial charge in [0.15, 0.2) is 0 Å². The maximum Gasteiger partial charge on any atom is 0.317 e. The Balaban J connectivity index is 1.34. The van der Waals surface area contributed by atoms with Crippen molar-refractivity contribution < 1.29 is 9.53 Å². The number of ether oxygens (including phenoxy) is 1. The molecule has 2 amide bonds. The second-order valence-corrected chi connectivity index (χ2v) is 8.83. The first-order chi connectivity index (χ1) is 13.7. The number of carbonyl (C=O) groups excluding carboxylic acids is 1. The van der Waals surface area contributed by atoms with Gasteiger partial charge in [-0.05, 0) is 56.4 Å². The monoisotopic (exact) mass is 386 g/mol. The molecule has 28 heavy (non-hydrogen) atoms. The number of nitrogens with one attached hydrogen (secondary N) is 1. The topological polar surface area (TPSA) is 67.4 Å². The molecule has 1 aliphatic carbocycles. The van der Waals surface area contributed by atoms with Crippen molar-refractivity contribution in [3.63, 3.8) is 0 Å². The third kappa shape index (κ3) is 4.83. The number of rotatable bonds is 4. The molecule has 6 heteroatoms. The van der Waals surface area contributed by atoms with Gasteiger partial charge in [-0.15, -0.1) is 0 Å². The number of hydrogen-bond acceptors (Lipinski definition) is 4. The molecule has 3 aliphatic rings. The number of amides is 2. The van der Waals surface area contributed by atoms with Gasteiger partial charge in [-0.25, -0.2) is 14.8 Å². The highest BCUT2D eigenvalue weighted by molar-refractivity contribution is 5.74. The van der Waals surface area contributed by atoms with E-state index in [-0.39, 0.29) is 12.1 Å². The molecule has 0 radical (unpaired) electrons. The highest BCUT2D eigenvalue weighted by Crippen LogP contribution is 2.27. The summed E-state index contributed by atoms with van der Waals surface area (Å²) in [6, 6.07) is 0.317. The summed E-state index contributed by atoms with van der Waals surface area (Å²) >= 11 is 0. The van der Waals surface area contributed by atoms with E-state index >= 15 is 0 Å². The van der Waals surface area contributed by atoms with Crippen LogP contribution in [-0.2, 0) is 24.1 Å². The first kappa shape index (κ1) is 19.6. The molecule has 2 aliphatic heterocycles. The number of nitrogens with zero attached hydrogens (tertiary/aromatic N) is 3. The van der Waals surface area contributed by atoms with Crippen LogP contribution >= 0.6 is 0 Å². The van der Waals surface area contributed by atoms with Crippen molar-refractivity contribution in [3.8, 4) is 0 Å². The van der Waals surface area contributed by atoms with Crippen LogP contribution in [-0.4, -0.2) is 46.7 Å². The zero-order chi connectivity index (χ0) is 19.3. The maximum absolute atomic E-state index is 12.8. The van der Waals surface area contributed by atoms with Crippen LogP contribution < -0.4 is 5.32 Å². The first-order valence-corrected chi connectivity index (χ1v) is 11.2. The molecule has 1 atom stereocenters. The maximum atomic E-state index is 12.8. The van der Waals surface area contributed by atoms with Crippen molar-refractivity contribution >= 4 is 6.03 Å². The van der Waals surface area contributed by atoms with Crippen LogP contribution in [0.3, 0.4) is 0 Å². The van der Waals surface area contributed by atoms with E-state index in [2.05, 4.69) is 17.2 Å². The minimum absolute atomic E-state index is 0.0633. The Hall–Kier alpha value is -1.69.